The zero-order valence-corrected chi connectivity index (χ0v) is 10.1. The summed E-state index contributed by atoms with van der Waals surface area (Å²) < 4.78 is 5.60. The number of aliphatic hydroxyl groups is 1. The van der Waals surface area contributed by atoms with Gasteiger partial charge in [0.2, 0.25) is 5.88 Å². The first kappa shape index (κ1) is 11.9. The number of benzene rings is 1. The van der Waals surface area contributed by atoms with E-state index in [9.17, 15) is 5.11 Å². The zero-order chi connectivity index (χ0) is 12.3. The Hall–Kier alpha value is -1.58. The summed E-state index contributed by atoms with van der Waals surface area (Å²) in [6.07, 6.45) is 0.990. The van der Waals surface area contributed by atoms with Gasteiger partial charge in [0.15, 0.2) is 0 Å². The average molecular weight is 250 g/mol. The van der Waals surface area contributed by atoms with Crippen LogP contribution in [0.5, 0.6) is 11.6 Å². The second-order valence-corrected chi connectivity index (χ2v) is 4.07. The van der Waals surface area contributed by atoms with Crippen LogP contribution in [0.15, 0.2) is 42.6 Å². The van der Waals surface area contributed by atoms with Crippen LogP contribution in [0.3, 0.4) is 0 Å². The number of aromatic nitrogens is 1. The van der Waals surface area contributed by atoms with E-state index in [4.69, 9.17) is 16.3 Å². The molecule has 4 heteroatoms. The lowest BCUT2D eigenvalue weighted by molar-refractivity contribution is 0.194. The maximum absolute atomic E-state index is 9.59. The summed E-state index contributed by atoms with van der Waals surface area (Å²) in [5.41, 5.74) is 0.646. The van der Waals surface area contributed by atoms with Crippen molar-refractivity contribution in [3.05, 3.63) is 53.2 Å². The molecule has 1 aromatic heterocycles. The van der Waals surface area contributed by atoms with E-state index >= 15 is 0 Å². The number of nitrogens with zero attached hydrogens (tertiary/aromatic N) is 1. The lowest BCUT2D eigenvalue weighted by atomic mass is 10.2. The number of aliphatic hydroxyl groups excluding tert-OH is 1. The van der Waals surface area contributed by atoms with E-state index in [0.29, 0.717) is 22.2 Å². The molecule has 0 bridgehead atoms. The number of hydrogen-bond acceptors (Lipinski definition) is 3. The summed E-state index contributed by atoms with van der Waals surface area (Å²) in [6, 6.07) is 10.6. The largest absolute Gasteiger partial charge is 0.439 e. The molecular formula is C13H12ClNO2. The number of pyridine rings is 1. The molecule has 1 N–H and O–H groups in total. The minimum atomic E-state index is -0.627. The number of ether oxygens (including phenoxy) is 1. The van der Waals surface area contributed by atoms with Gasteiger partial charge in [-0.05, 0) is 37.3 Å². The number of hydrogen-bond donors (Lipinski definition) is 1. The van der Waals surface area contributed by atoms with Crippen LogP contribution in [0.4, 0.5) is 0 Å². The number of halogens is 1. The van der Waals surface area contributed by atoms with Crippen molar-refractivity contribution in [2.24, 2.45) is 0 Å². The Balaban J connectivity index is 2.30. The molecule has 0 aliphatic rings. The van der Waals surface area contributed by atoms with Crippen molar-refractivity contribution in [3.63, 3.8) is 0 Å². The maximum Gasteiger partial charge on any atom is 0.225 e. The van der Waals surface area contributed by atoms with Crippen molar-refractivity contribution >= 4 is 11.6 Å². The standard InChI is InChI=1S/C13H12ClNO2/c1-9(16)12-6-3-7-15-13(12)17-11-5-2-4-10(14)8-11/h2-9,16H,1H3/t9-/m1/s1. The molecule has 2 aromatic rings. The fraction of sp³-hybridized carbons (Fsp3) is 0.154. The van der Waals surface area contributed by atoms with Crippen LogP contribution in [0.25, 0.3) is 0 Å². The summed E-state index contributed by atoms with van der Waals surface area (Å²) in [6.45, 7) is 1.67. The summed E-state index contributed by atoms with van der Waals surface area (Å²) in [7, 11) is 0. The number of rotatable bonds is 3. The second kappa shape index (κ2) is 5.17. The molecule has 3 nitrogen and oxygen atoms in total. The molecule has 0 radical (unpaired) electrons. The van der Waals surface area contributed by atoms with Crippen LogP contribution in [-0.4, -0.2) is 10.1 Å². The Kier molecular flexibility index (Phi) is 3.61. The van der Waals surface area contributed by atoms with Crippen molar-refractivity contribution < 1.29 is 9.84 Å². The first-order valence-electron chi connectivity index (χ1n) is 5.23. The molecule has 0 saturated carbocycles. The van der Waals surface area contributed by atoms with Gasteiger partial charge in [0.1, 0.15) is 5.75 Å². The minimum Gasteiger partial charge on any atom is -0.439 e. The van der Waals surface area contributed by atoms with Crippen LogP contribution in [-0.2, 0) is 0 Å². The van der Waals surface area contributed by atoms with Gasteiger partial charge in [0, 0.05) is 16.8 Å². The predicted octanol–water partition coefficient (Wildman–Crippen LogP) is 3.58. The van der Waals surface area contributed by atoms with Gasteiger partial charge in [-0.1, -0.05) is 17.7 Å². The van der Waals surface area contributed by atoms with E-state index in [1.165, 1.54) is 0 Å². The van der Waals surface area contributed by atoms with Crippen molar-refractivity contribution in [2.75, 3.05) is 0 Å². The molecule has 0 aliphatic heterocycles. The average Bonchev–Trinajstić information content (AvgIpc) is 2.29. The van der Waals surface area contributed by atoms with Crippen LogP contribution < -0.4 is 4.74 Å². The highest BCUT2D eigenvalue weighted by Gasteiger charge is 2.10. The summed E-state index contributed by atoms with van der Waals surface area (Å²) in [5.74, 6) is 0.989. The summed E-state index contributed by atoms with van der Waals surface area (Å²) in [4.78, 5) is 4.10. The Morgan fingerprint density at radius 3 is 2.82 bits per heavy atom. The van der Waals surface area contributed by atoms with E-state index in [0.717, 1.165) is 0 Å². The third kappa shape index (κ3) is 2.96. The van der Waals surface area contributed by atoms with E-state index in [1.807, 2.05) is 0 Å². The zero-order valence-electron chi connectivity index (χ0n) is 9.30. The Morgan fingerprint density at radius 2 is 2.12 bits per heavy atom. The smallest absolute Gasteiger partial charge is 0.225 e. The topological polar surface area (TPSA) is 42.4 Å². The molecule has 0 spiro atoms. The predicted molar refractivity (Wildman–Crippen MR) is 66.4 cm³/mol. The molecule has 17 heavy (non-hydrogen) atoms. The first-order valence-corrected chi connectivity index (χ1v) is 5.61. The SMILES string of the molecule is C[C@@H](O)c1cccnc1Oc1cccc(Cl)c1. The molecular weight excluding hydrogens is 238 g/mol. The van der Waals surface area contributed by atoms with Gasteiger partial charge in [0.25, 0.3) is 0 Å². The van der Waals surface area contributed by atoms with Crippen LogP contribution >= 0.6 is 11.6 Å². The van der Waals surface area contributed by atoms with Gasteiger partial charge in [0.05, 0.1) is 6.10 Å². The highest BCUT2D eigenvalue weighted by atomic mass is 35.5. The van der Waals surface area contributed by atoms with Crippen molar-refractivity contribution in [1.29, 1.82) is 0 Å². The van der Waals surface area contributed by atoms with Crippen molar-refractivity contribution in [1.82, 2.24) is 4.98 Å². The van der Waals surface area contributed by atoms with Gasteiger partial charge in [-0.2, -0.15) is 0 Å². The molecule has 0 saturated heterocycles. The quantitative estimate of drug-likeness (QED) is 0.904. The first-order chi connectivity index (χ1) is 8.16. The van der Waals surface area contributed by atoms with Crippen molar-refractivity contribution in [2.45, 2.75) is 13.0 Å². The Labute approximate surface area is 105 Å². The van der Waals surface area contributed by atoms with Crippen LogP contribution in [0.1, 0.15) is 18.6 Å². The molecule has 0 unspecified atom stereocenters. The van der Waals surface area contributed by atoms with Gasteiger partial charge < -0.3 is 9.84 Å². The fourth-order valence-electron chi connectivity index (χ4n) is 1.45. The van der Waals surface area contributed by atoms with Crippen LogP contribution in [0.2, 0.25) is 5.02 Å². The molecule has 88 valence electrons. The van der Waals surface area contributed by atoms with E-state index in [1.54, 1.807) is 49.5 Å². The Morgan fingerprint density at radius 1 is 1.29 bits per heavy atom. The second-order valence-electron chi connectivity index (χ2n) is 3.63. The molecule has 0 aliphatic carbocycles. The molecule has 0 fully saturated rings. The molecule has 1 aromatic carbocycles. The highest BCUT2D eigenvalue weighted by molar-refractivity contribution is 6.30. The molecule has 1 atom stereocenters. The Bertz CT molecular complexity index is 514. The third-order valence-corrected chi connectivity index (χ3v) is 2.50. The summed E-state index contributed by atoms with van der Waals surface area (Å²) in [5, 5.41) is 10.2. The monoisotopic (exact) mass is 249 g/mol. The maximum atomic E-state index is 9.59. The van der Waals surface area contributed by atoms with Gasteiger partial charge in [-0.25, -0.2) is 4.98 Å². The third-order valence-electron chi connectivity index (χ3n) is 2.26. The van der Waals surface area contributed by atoms with E-state index < -0.39 is 6.10 Å². The fourth-order valence-corrected chi connectivity index (χ4v) is 1.63. The van der Waals surface area contributed by atoms with Gasteiger partial charge >= 0.3 is 0 Å². The molecule has 0 amide bonds. The normalized spacial score (nSPS) is 12.2. The lowest BCUT2D eigenvalue weighted by Crippen LogP contribution is -1.97. The van der Waals surface area contributed by atoms with Crippen molar-refractivity contribution in [3.8, 4) is 11.6 Å². The van der Waals surface area contributed by atoms with E-state index in [-0.39, 0.29) is 0 Å². The highest BCUT2D eigenvalue weighted by Crippen LogP contribution is 2.28. The van der Waals surface area contributed by atoms with E-state index in [2.05, 4.69) is 4.98 Å². The van der Waals surface area contributed by atoms with Gasteiger partial charge in [-0.3, -0.25) is 0 Å². The lowest BCUT2D eigenvalue weighted by Gasteiger charge is -2.11. The molecule has 1 heterocycles. The molecule has 2 rings (SSSR count). The van der Waals surface area contributed by atoms with Gasteiger partial charge in [-0.15, -0.1) is 0 Å². The van der Waals surface area contributed by atoms with Crippen LogP contribution in [0, 0.1) is 0 Å². The minimum absolute atomic E-state index is 0.393. The summed E-state index contributed by atoms with van der Waals surface area (Å²) >= 11 is 5.86.